The molecule has 4 heteroatoms. The third kappa shape index (κ3) is 2.38. The number of hydrogen-bond donors (Lipinski definition) is 1. The number of hydrogen-bond acceptors (Lipinski definition) is 2. The first kappa shape index (κ1) is 12.6. The van der Waals surface area contributed by atoms with E-state index in [0.29, 0.717) is 12.2 Å². The average molecular weight is 246 g/mol. The van der Waals surface area contributed by atoms with Crippen LogP contribution in [0.5, 0.6) is 0 Å². The van der Waals surface area contributed by atoms with Gasteiger partial charge in [0.1, 0.15) is 0 Å². The second kappa shape index (κ2) is 5.23. The van der Waals surface area contributed by atoms with E-state index in [1.807, 2.05) is 49.0 Å². The van der Waals surface area contributed by atoms with Crippen LogP contribution in [0.3, 0.4) is 0 Å². The van der Waals surface area contributed by atoms with Crippen LogP contribution in [0.4, 0.5) is 0 Å². The minimum atomic E-state index is -0.0589. The lowest BCUT2D eigenvalue weighted by Crippen LogP contribution is -2.35. The van der Waals surface area contributed by atoms with Crippen LogP contribution in [0, 0.1) is 0 Å². The van der Waals surface area contributed by atoms with Crippen LogP contribution in [0.2, 0.25) is 0 Å². The van der Waals surface area contributed by atoms with Gasteiger partial charge in [-0.25, -0.2) is 0 Å². The molecule has 0 radical (unpaired) electrons. The molecule has 1 heterocycles. The smallest absolute Gasteiger partial charge is 0.253 e. The van der Waals surface area contributed by atoms with E-state index < -0.39 is 0 Å². The molecule has 4 nitrogen and oxygen atoms in total. The average Bonchev–Trinajstić information content (AvgIpc) is 2.68. The minimum Gasteiger partial charge on any atom is -0.383 e. The number of ether oxygens (including phenoxy) is 1. The standard InChI is InChI=1S/C14H18N2O2/c1-10(9-18-3)15-14(17)12-8-16(2)13-7-5-4-6-11(12)13/h4-8,10H,9H2,1-3H3,(H,15,17)/t10-/m0/s1. The molecule has 1 N–H and O–H groups in total. The summed E-state index contributed by atoms with van der Waals surface area (Å²) in [7, 11) is 3.57. The van der Waals surface area contributed by atoms with Gasteiger partial charge in [0.2, 0.25) is 0 Å². The summed E-state index contributed by atoms with van der Waals surface area (Å²) in [5.41, 5.74) is 1.76. The summed E-state index contributed by atoms with van der Waals surface area (Å²) < 4.78 is 6.98. The van der Waals surface area contributed by atoms with Gasteiger partial charge in [0.25, 0.3) is 5.91 Å². The van der Waals surface area contributed by atoms with Gasteiger partial charge in [-0.05, 0) is 13.0 Å². The van der Waals surface area contributed by atoms with E-state index in [1.54, 1.807) is 7.11 Å². The normalized spacial score (nSPS) is 12.6. The summed E-state index contributed by atoms with van der Waals surface area (Å²) in [5.74, 6) is -0.0589. The molecule has 0 aliphatic heterocycles. The number of aromatic nitrogens is 1. The van der Waals surface area contributed by atoms with Gasteiger partial charge in [-0.15, -0.1) is 0 Å². The Labute approximate surface area is 107 Å². The van der Waals surface area contributed by atoms with Crippen molar-refractivity contribution < 1.29 is 9.53 Å². The zero-order valence-corrected chi connectivity index (χ0v) is 10.9. The largest absolute Gasteiger partial charge is 0.383 e. The number of carbonyl (C=O) groups is 1. The van der Waals surface area contributed by atoms with Crippen molar-refractivity contribution in [1.82, 2.24) is 9.88 Å². The number of aryl methyl sites for hydroxylation is 1. The van der Waals surface area contributed by atoms with Crippen molar-refractivity contribution in [3.8, 4) is 0 Å². The number of nitrogens with one attached hydrogen (secondary N) is 1. The van der Waals surface area contributed by atoms with Crippen LogP contribution in [0.25, 0.3) is 10.9 Å². The predicted molar refractivity (Wildman–Crippen MR) is 71.7 cm³/mol. The predicted octanol–water partition coefficient (Wildman–Crippen LogP) is 1.94. The fourth-order valence-electron chi connectivity index (χ4n) is 2.12. The highest BCUT2D eigenvalue weighted by Crippen LogP contribution is 2.20. The monoisotopic (exact) mass is 246 g/mol. The molecule has 0 spiro atoms. The lowest BCUT2D eigenvalue weighted by molar-refractivity contribution is 0.0907. The Morgan fingerprint density at radius 2 is 2.17 bits per heavy atom. The van der Waals surface area contributed by atoms with Gasteiger partial charge >= 0.3 is 0 Å². The first-order valence-corrected chi connectivity index (χ1v) is 5.97. The fourth-order valence-corrected chi connectivity index (χ4v) is 2.12. The van der Waals surface area contributed by atoms with Gasteiger partial charge in [-0.3, -0.25) is 4.79 Å². The van der Waals surface area contributed by atoms with Crippen molar-refractivity contribution in [3.05, 3.63) is 36.0 Å². The molecule has 1 atom stereocenters. The molecule has 1 aromatic carbocycles. The molecule has 0 bridgehead atoms. The Kier molecular flexibility index (Phi) is 3.67. The van der Waals surface area contributed by atoms with Crippen molar-refractivity contribution >= 4 is 16.8 Å². The quantitative estimate of drug-likeness (QED) is 0.896. The number of nitrogens with zero attached hydrogens (tertiary/aromatic N) is 1. The van der Waals surface area contributed by atoms with Gasteiger partial charge < -0.3 is 14.6 Å². The number of rotatable bonds is 4. The summed E-state index contributed by atoms with van der Waals surface area (Å²) >= 11 is 0. The maximum atomic E-state index is 12.2. The Hall–Kier alpha value is -1.81. The molecule has 2 rings (SSSR count). The Morgan fingerprint density at radius 1 is 1.44 bits per heavy atom. The minimum absolute atomic E-state index is 0.00136. The van der Waals surface area contributed by atoms with Crippen molar-refractivity contribution in [2.24, 2.45) is 7.05 Å². The topological polar surface area (TPSA) is 43.3 Å². The fraction of sp³-hybridized carbons (Fsp3) is 0.357. The Balaban J connectivity index is 2.28. The second-order valence-electron chi connectivity index (χ2n) is 4.50. The summed E-state index contributed by atoms with van der Waals surface area (Å²) in [6.07, 6.45) is 1.86. The first-order chi connectivity index (χ1) is 8.63. The zero-order valence-electron chi connectivity index (χ0n) is 10.9. The molecule has 0 saturated heterocycles. The molecule has 18 heavy (non-hydrogen) atoms. The van der Waals surface area contributed by atoms with Crippen LogP contribution < -0.4 is 5.32 Å². The van der Waals surface area contributed by atoms with Gasteiger partial charge in [-0.1, -0.05) is 18.2 Å². The Bertz CT molecular complexity index is 560. The van der Waals surface area contributed by atoms with Crippen LogP contribution >= 0.6 is 0 Å². The number of amides is 1. The molecule has 0 saturated carbocycles. The number of fused-ring (bicyclic) bond motifs is 1. The van der Waals surface area contributed by atoms with Crippen LogP contribution in [0.15, 0.2) is 30.5 Å². The van der Waals surface area contributed by atoms with E-state index >= 15 is 0 Å². The SMILES string of the molecule is COC[C@H](C)NC(=O)c1cn(C)c2ccccc12. The third-order valence-corrected chi connectivity index (χ3v) is 2.94. The highest BCUT2D eigenvalue weighted by atomic mass is 16.5. The van der Waals surface area contributed by atoms with E-state index in [0.717, 1.165) is 10.9 Å². The number of carbonyl (C=O) groups excluding carboxylic acids is 1. The zero-order chi connectivity index (χ0) is 13.1. The Morgan fingerprint density at radius 3 is 2.89 bits per heavy atom. The molecule has 1 amide bonds. The molecular formula is C14H18N2O2. The highest BCUT2D eigenvalue weighted by Gasteiger charge is 2.15. The second-order valence-corrected chi connectivity index (χ2v) is 4.50. The van der Waals surface area contributed by atoms with Crippen molar-refractivity contribution in [2.75, 3.05) is 13.7 Å². The molecule has 96 valence electrons. The van der Waals surface area contributed by atoms with E-state index in [-0.39, 0.29) is 11.9 Å². The maximum Gasteiger partial charge on any atom is 0.253 e. The lowest BCUT2D eigenvalue weighted by atomic mass is 10.1. The van der Waals surface area contributed by atoms with Crippen LogP contribution in [0.1, 0.15) is 17.3 Å². The summed E-state index contributed by atoms with van der Waals surface area (Å²) in [6.45, 7) is 2.43. The summed E-state index contributed by atoms with van der Waals surface area (Å²) in [6, 6.07) is 7.88. The summed E-state index contributed by atoms with van der Waals surface area (Å²) in [5, 5.41) is 3.90. The number of methoxy groups -OCH3 is 1. The van der Waals surface area contributed by atoms with Gasteiger partial charge in [0.05, 0.1) is 12.2 Å². The first-order valence-electron chi connectivity index (χ1n) is 5.97. The molecular weight excluding hydrogens is 228 g/mol. The van der Waals surface area contributed by atoms with Crippen molar-refractivity contribution in [3.63, 3.8) is 0 Å². The van der Waals surface area contributed by atoms with Gasteiger partial charge in [0, 0.05) is 37.3 Å². The van der Waals surface area contributed by atoms with Gasteiger partial charge in [0.15, 0.2) is 0 Å². The van der Waals surface area contributed by atoms with E-state index in [4.69, 9.17) is 4.74 Å². The van der Waals surface area contributed by atoms with Gasteiger partial charge in [-0.2, -0.15) is 0 Å². The maximum absolute atomic E-state index is 12.2. The van der Waals surface area contributed by atoms with Crippen molar-refractivity contribution in [2.45, 2.75) is 13.0 Å². The molecule has 2 aromatic rings. The van der Waals surface area contributed by atoms with E-state index in [2.05, 4.69) is 5.32 Å². The molecule has 1 aromatic heterocycles. The molecule has 0 fully saturated rings. The number of benzene rings is 1. The van der Waals surface area contributed by atoms with E-state index in [9.17, 15) is 4.79 Å². The number of para-hydroxylation sites is 1. The van der Waals surface area contributed by atoms with Crippen LogP contribution in [-0.2, 0) is 11.8 Å². The molecule has 0 unspecified atom stereocenters. The van der Waals surface area contributed by atoms with E-state index in [1.165, 1.54) is 0 Å². The lowest BCUT2D eigenvalue weighted by Gasteiger charge is -2.12. The highest BCUT2D eigenvalue weighted by molar-refractivity contribution is 6.07. The molecule has 0 aliphatic rings. The van der Waals surface area contributed by atoms with Crippen LogP contribution in [-0.4, -0.2) is 30.2 Å². The third-order valence-electron chi connectivity index (χ3n) is 2.94. The summed E-state index contributed by atoms with van der Waals surface area (Å²) in [4.78, 5) is 12.2. The van der Waals surface area contributed by atoms with Crippen molar-refractivity contribution in [1.29, 1.82) is 0 Å². The molecule has 0 aliphatic carbocycles.